The van der Waals surface area contributed by atoms with Crippen LogP contribution < -0.4 is 4.74 Å². The summed E-state index contributed by atoms with van der Waals surface area (Å²) in [5, 5.41) is 11.1. The Morgan fingerprint density at radius 1 is 1.26 bits per heavy atom. The minimum atomic E-state index is -0.724. The summed E-state index contributed by atoms with van der Waals surface area (Å²) in [7, 11) is 5.46. The van der Waals surface area contributed by atoms with E-state index in [1.165, 1.54) is 11.1 Å². The number of Topliss-reactive ketones (excluding diaryl/α,β-unsaturated/α-hetero) is 1. The molecule has 2 aromatic rings. The number of amides is 1. The van der Waals surface area contributed by atoms with E-state index in [0.29, 0.717) is 41.4 Å². The van der Waals surface area contributed by atoms with E-state index in [0.717, 1.165) is 6.54 Å². The number of rotatable bonds is 7. The SMILES string of the molecule is COc1cccc([C@H]2/C(=C(\O)c3cnc(C)nc3C)C(=O)C(=O)N2CCCN(C)C)c1. The van der Waals surface area contributed by atoms with E-state index in [2.05, 4.69) is 9.97 Å². The molecule has 1 aliphatic heterocycles. The fraction of sp³-hybridized carbons (Fsp3) is 0.391. The number of carbonyl (C=O) groups excluding carboxylic acids is 2. The maximum Gasteiger partial charge on any atom is 0.295 e. The first-order valence-electron chi connectivity index (χ1n) is 10.1. The minimum Gasteiger partial charge on any atom is -0.507 e. The molecule has 164 valence electrons. The maximum absolute atomic E-state index is 13.1. The normalized spacial score (nSPS) is 18.1. The number of methoxy groups -OCH3 is 1. The molecule has 3 rings (SSSR count). The summed E-state index contributed by atoms with van der Waals surface area (Å²) in [4.78, 5) is 38.0. The Kier molecular flexibility index (Phi) is 6.70. The smallest absolute Gasteiger partial charge is 0.295 e. The monoisotopic (exact) mass is 424 g/mol. The zero-order valence-corrected chi connectivity index (χ0v) is 18.5. The lowest BCUT2D eigenvalue weighted by molar-refractivity contribution is -0.139. The highest BCUT2D eigenvalue weighted by Gasteiger charge is 2.46. The van der Waals surface area contributed by atoms with Gasteiger partial charge in [0.05, 0.1) is 30.0 Å². The average molecular weight is 425 g/mol. The lowest BCUT2D eigenvalue weighted by Gasteiger charge is -2.26. The van der Waals surface area contributed by atoms with Crippen LogP contribution in [-0.4, -0.2) is 70.9 Å². The third kappa shape index (κ3) is 4.59. The standard InChI is InChI=1S/C23H28N4O4/c1-14-18(13-24-15(2)25-14)21(28)19-20(16-8-6-9-17(12-16)31-5)27(23(30)22(19)29)11-7-10-26(3)4/h6,8-9,12-13,20,28H,7,10-11H2,1-5H3/b21-19+/t20-/m0/s1. The van der Waals surface area contributed by atoms with E-state index in [9.17, 15) is 14.7 Å². The van der Waals surface area contributed by atoms with E-state index in [1.54, 1.807) is 39.2 Å². The van der Waals surface area contributed by atoms with Gasteiger partial charge in [0.15, 0.2) is 0 Å². The van der Waals surface area contributed by atoms with Gasteiger partial charge in [-0.3, -0.25) is 9.59 Å². The highest BCUT2D eigenvalue weighted by molar-refractivity contribution is 6.46. The first-order valence-corrected chi connectivity index (χ1v) is 10.1. The minimum absolute atomic E-state index is 0.0404. The van der Waals surface area contributed by atoms with Crippen LogP contribution in [0.1, 0.15) is 35.1 Å². The van der Waals surface area contributed by atoms with Crippen LogP contribution in [0, 0.1) is 13.8 Å². The van der Waals surface area contributed by atoms with E-state index >= 15 is 0 Å². The predicted molar refractivity (Wildman–Crippen MR) is 117 cm³/mol. The molecule has 0 spiro atoms. The molecule has 0 unspecified atom stereocenters. The summed E-state index contributed by atoms with van der Waals surface area (Å²) in [5.41, 5.74) is 1.60. The third-order valence-electron chi connectivity index (χ3n) is 5.31. The number of ketones is 1. The van der Waals surface area contributed by atoms with Gasteiger partial charge in [-0.2, -0.15) is 0 Å². The molecule has 1 amide bonds. The summed E-state index contributed by atoms with van der Waals surface area (Å²) in [6, 6.07) is 6.47. The van der Waals surface area contributed by atoms with Crippen molar-refractivity contribution in [3.63, 3.8) is 0 Å². The Balaban J connectivity index is 2.14. The van der Waals surface area contributed by atoms with Gasteiger partial charge in [0.1, 0.15) is 17.3 Å². The number of aliphatic hydroxyl groups excluding tert-OH is 1. The molecular weight excluding hydrogens is 396 g/mol. The number of likely N-dealkylation sites (tertiary alicyclic amines) is 1. The number of hydrogen-bond donors (Lipinski definition) is 1. The van der Waals surface area contributed by atoms with Gasteiger partial charge in [0.25, 0.3) is 11.7 Å². The first-order chi connectivity index (χ1) is 14.7. The molecule has 0 radical (unpaired) electrons. The number of hydrogen-bond acceptors (Lipinski definition) is 7. The maximum atomic E-state index is 13.1. The van der Waals surface area contributed by atoms with Gasteiger partial charge < -0.3 is 19.6 Å². The highest BCUT2D eigenvalue weighted by atomic mass is 16.5. The van der Waals surface area contributed by atoms with Crippen LogP contribution in [0.4, 0.5) is 0 Å². The quantitative estimate of drug-likeness (QED) is 0.414. The number of nitrogens with zero attached hydrogens (tertiary/aromatic N) is 4. The summed E-state index contributed by atoms with van der Waals surface area (Å²) < 4.78 is 5.33. The predicted octanol–water partition coefficient (Wildman–Crippen LogP) is 2.48. The van der Waals surface area contributed by atoms with Crippen molar-refractivity contribution in [1.29, 1.82) is 0 Å². The van der Waals surface area contributed by atoms with Crippen molar-refractivity contribution in [2.24, 2.45) is 0 Å². The van der Waals surface area contributed by atoms with Crippen molar-refractivity contribution in [3.05, 3.63) is 58.7 Å². The Labute approximate surface area is 182 Å². The zero-order chi connectivity index (χ0) is 22.7. The van der Waals surface area contributed by atoms with Crippen LogP contribution in [0.15, 0.2) is 36.0 Å². The van der Waals surface area contributed by atoms with Gasteiger partial charge in [-0.25, -0.2) is 9.97 Å². The van der Waals surface area contributed by atoms with Crippen LogP contribution in [0.2, 0.25) is 0 Å². The lowest BCUT2D eigenvalue weighted by atomic mass is 9.95. The van der Waals surface area contributed by atoms with Crippen molar-refractivity contribution in [2.45, 2.75) is 26.3 Å². The van der Waals surface area contributed by atoms with Gasteiger partial charge in [-0.05, 0) is 58.6 Å². The van der Waals surface area contributed by atoms with Gasteiger partial charge in [0, 0.05) is 12.7 Å². The second kappa shape index (κ2) is 9.26. The summed E-state index contributed by atoms with van der Waals surface area (Å²) in [6.45, 7) is 4.62. The molecule has 8 heteroatoms. The molecule has 1 fully saturated rings. The molecule has 0 aliphatic carbocycles. The highest BCUT2D eigenvalue weighted by Crippen LogP contribution is 2.40. The largest absolute Gasteiger partial charge is 0.507 e. The van der Waals surface area contributed by atoms with E-state index < -0.39 is 17.7 Å². The summed E-state index contributed by atoms with van der Waals surface area (Å²) in [6.07, 6.45) is 2.17. The topological polar surface area (TPSA) is 95.9 Å². The van der Waals surface area contributed by atoms with Crippen molar-refractivity contribution >= 4 is 17.4 Å². The van der Waals surface area contributed by atoms with Crippen molar-refractivity contribution in [1.82, 2.24) is 19.8 Å². The Morgan fingerprint density at radius 3 is 2.65 bits per heavy atom. The average Bonchev–Trinajstić information content (AvgIpc) is 2.98. The molecule has 1 aromatic carbocycles. The molecule has 1 aromatic heterocycles. The molecule has 31 heavy (non-hydrogen) atoms. The summed E-state index contributed by atoms with van der Waals surface area (Å²) in [5.74, 6) is -0.443. The fourth-order valence-electron chi connectivity index (χ4n) is 3.79. The van der Waals surface area contributed by atoms with Gasteiger partial charge >= 0.3 is 0 Å². The third-order valence-corrected chi connectivity index (χ3v) is 5.31. The molecule has 2 heterocycles. The Morgan fingerprint density at radius 2 is 2.00 bits per heavy atom. The molecular formula is C23H28N4O4. The molecule has 0 saturated carbocycles. The van der Waals surface area contributed by atoms with E-state index in [4.69, 9.17) is 4.74 Å². The number of aryl methyl sites for hydroxylation is 2. The lowest BCUT2D eigenvalue weighted by Crippen LogP contribution is -2.32. The van der Waals surface area contributed by atoms with Gasteiger partial charge in [-0.15, -0.1) is 0 Å². The van der Waals surface area contributed by atoms with Crippen molar-refractivity contribution in [2.75, 3.05) is 34.3 Å². The second-order valence-corrected chi connectivity index (χ2v) is 7.84. The number of ether oxygens (including phenoxy) is 1. The Bertz CT molecular complexity index is 1030. The van der Waals surface area contributed by atoms with E-state index in [1.807, 2.05) is 25.1 Å². The second-order valence-electron chi connectivity index (χ2n) is 7.84. The molecule has 0 bridgehead atoms. The molecule has 8 nitrogen and oxygen atoms in total. The number of aliphatic hydroxyl groups is 1. The van der Waals surface area contributed by atoms with Gasteiger partial charge in [0.2, 0.25) is 0 Å². The van der Waals surface area contributed by atoms with Crippen LogP contribution in [0.5, 0.6) is 5.75 Å². The van der Waals surface area contributed by atoms with Crippen LogP contribution in [0.25, 0.3) is 5.76 Å². The van der Waals surface area contributed by atoms with Crippen molar-refractivity contribution in [3.8, 4) is 5.75 Å². The van der Waals surface area contributed by atoms with Crippen molar-refractivity contribution < 1.29 is 19.4 Å². The summed E-state index contributed by atoms with van der Waals surface area (Å²) >= 11 is 0. The number of aromatic nitrogens is 2. The zero-order valence-electron chi connectivity index (χ0n) is 18.5. The molecule has 1 N–H and O–H groups in total. The molecule has 1 atom stereocenters. The van der Waals surface area contributed by atoms with Crippen LogP contribution in [-0.2, 0) is 9.59 Å². The number of carbonyl (C=O) groups is 2. The van der Waals surface area contributed by atoms with E-state index in [-0.39, 0.29) is 11.3 Å². The molecule has 1 saturated heterocycles. The first kappa shape index (κ1) is 22.4. The van der Waals surface area contributed by atoms with Gasteiger partial charge in [-0.1, -0.05) is 12.1 Å². The Hall–Kier alpha value is -3.26. The molecule has 1 aliphatic rings. The van der Waals surface area contributed by atoms with Crippen LogP contribution in [0.3, 0.4) is 0 Å². The van der Waals surface area contributed by atoms with Crippen LogP contribution >= 0.6 is 0 Å². The fourth-order valence-corrected chi connectivity index (χ4v) is 3.79. The number of benzene rings is 1.